The van der Waals surface area contributed by atoms with Gasteiger partial charge >= 0.3 is 0 Å². The summed E-state index contributed by atoms with van der Waals surface area (Å²) in [6, 6.07) is 5.05. The number of benzene rings is 1. The Bertz CT molecular complexity index is 1150. The number of nitrogens with one attached hydrogen (secondary N) is 1. The summed E-state index contributed by atoms with van der Waals surface area (Å²) >= 11 is 14.0. The molecule has 0 saturated carbocycles. The van der Waals surface area contributed by atoms with Crippen LogP contribution >= 0.6 is 34.5 Å². The van der Waals surface area contributed by atoms with Crippen LogP contribution in [0.5, 0.6) is 0 Å². The Hall–Kier alpha value is -2.13. The fourth-order valence-corrected chi connectivity index (χ4v) is 5.13. The molecule has 2 atom stereocenters. The summed E-state index contributed by atoms with van der Waals surface area (Å²) in [4.78, 5) is 24.6. The zero-order valence-corrected chi connectivity index (χ0v) is 20.5. The number of aryl methyl sites for hydroxylation is 1. The van der Waals surface area contributed by atoms with Crippen LogP contribution in [-0.4, -0.2) is 46.4 Å². The standard InChI is InChI=1S/C22H25Cl2N5O2S/c1-4-16-20(27-17-11-29(12-18(17)31-5-2)22-25-8-9-32-22)28(3)21(30)19(26-16)14-7-6-13(23)10-15(14)24/h6-10,17-18,27H,4-5,11-12H2,1-3H3/t17-,18-/m1/s1. The van der Waals surface area contributed by atoms with Crippen molar-refractivity contribution in [2.45, 2.75) is 32.4 Å². The van der Waals surface area contributed by atoms with Gasteiger partial charge in [0.15, 0.2) is 5.13 Å². The van der Waals surface area contributed by atoms with Gasteiger partial charge in [-0.2, -0.15) is 0 Å². The van der Waals surface area contributed by atoms with Gasteiger partial charge in [0.2, 0.25) is 0 Å². The van der Waals surface area contributed by atoms with Crippen LogP contribution in [-0.2, 0) is 18.2 Å². The lowest BCUT2D eigenvalue weighted by Gasteiger charge is -2.24. The normalized spacial score (nSPS) is 18.3. The number of nitrogens with zero attached hydrogens (tertiary/aromatic N) is 4. The van der Waals surface area contributed by atoms with Gasteiger partial charge in [-0.05, 0) is 31.5 Å². The molecule has 10 heteroatoms. The molecule has 32 heavy (non-hydrogen) atoms. The number of anilines is 2. The molecule has 3 aromatic rings. The minimum Gasteiger partial charge on any atom is -0.374 e. The average Bonchev–Trinajstić information content (AvgIpc) is 3.43. The molecular formula is C22H25Cl2N5O2S. The van der Waals surface area contributed by atoms with Gasteiger partial charge in [-0.25, -0.2) is 9.97 Å². The maximum atomic E-state index is 13.2. The predicted molar refractivity (Wildman–Crippen MR) is 131 cm³/mol. The number of hydrogen-bond acceptors (Lipinski definition) is 7. The Balaban J connectivity index is 1.69. The van der Waals surface area contributed by atoms with Gasteiger partial charge in [0.05, 0.1) is 22.9 Å². The van der Waals surface area contributed by atoms with Gasteiger partial charge in [0.1, 0.15) is 11.5 Å². The van der Waals surface area contributed by atoms with E-state index >= 15 is 0 Å². The molecule has 0 radical (unpaired) electrons. The highest BCUT2D eigenvalue weighted by molar-refractivity contribution is 7.13. The van der Waals surface area contributed by atoms with E-state index in [1.54, 1.807) is 47.3 Å². The molecule has 0 amide bonds. The molecule has 1 aliphatic rings. The largest absolute Gasteiger partial charge is 0.374 e. The molecule has 7 nitrogen and oxygen atoms in total. The van der Waals surface area contributed by atoms with Crippen molar-refractivity contribution in [3.63, 3.8) is 0 Å². The van der Waals surface area contributed by atoms with E-state index in [9.17, 15) is 4.79 Å². The molecule has 1 N–H and O–H groups in total. The van der Waals surface area contributed by atoms with Crippen molar-refractivity contribution >= 4 is 45.5 Å². The van der Waals surface area contributed by atoms with Gasteiger partial charge in [-0.15, -0.1) is 11.3 Å². The fraction of sp³-hybridized carbons (Fsp3) is 0.409. The van der Waals surface area contributed by atoms with Gasteiger partial charge in [-0.3, -0.25) is 9.36 Å². The van der Waals surface area contributed by atoms with Crippen LogP contribution in [0.25, 0.3) is 11.3 Å². The molecule has 0 bridgehead atoms. The molecule has 1 aliphatic heterocycles. The Morgan fingerprint density at radius 2 is 2.09 bits per heavy atom. The van der Waals surface area contributed by atoms with Crippen LogP contribution in [0.15, 0.2) is 34.6 Å². The Kier molecular flexibility index (Phi) is 7.05. The zero-order chi connectivity index (χ0) is 22.8. The zero-order valence-electron chi connectivity index (χ0n) is 18.1. The smallest absolute Gasteiger partial charge is 0.278 e. The van der Waals surface area contributed by atoms with E-state index in [2.05, 4.69) is 15.2 Å². The minimum absolute atomic E-state index is 0.0125. The van der Waals surface area contributed by atoms with Crippen molar-refractivity contribution in [1.29, 1.82) is 0 Å². The maximum absolute atomic E-state index is 13.2. The highest BCUT2D eigenvalue weighted by Crippen LogP contribution is 2.30. The summed E-state index contributed by atoms with van der Waals surface area (Å²) in [5, 5.41) is 7.40. The van der Waals surface area contributed by atoms with E-state index in [1.807, 2.05) is 19.2 Å². The first kappa shape index (κ1) is 23.0. The van der Waals surface area contributed by atoms with Crippen molar-refractivity contribution in [2.75, 3.05) is 29.9 Å². The van der Waals surface area contributed by atoms with Crippen LogP contribution < -0.4 is 15.8 Å². The van der Waals surface area contributed by atoms with Crippen LogP contribution in [0.4, 0.5) is 10.9 Å². The van der Waals surface area contributed by atoms with Gasteiger partial charge in [-0.1, -0.05) is 30.1 Å². The lowest BCUT2D eigenvalue weighted by molar-refractivity contribution is 0.0719. The predicted octanol–water partition coefficient (Wildman–Crippen LogP) is 4.48. The van der Waals surface area contributed by atoms with Crippen LogP contribution in [0.3, 0.4) is 0 Å². The molecule has 170 valence electrons. The van der Waals surface area contributed by atoms with Crippen molar-refractivity contribution in [2.24, 2.45) is 7.05 Å². The molecule has 1 aromatic carbocycles. The lowest BCUT2D eigenvalue weighted by atomic mass is 10.1. The highest BCUT2D eigenvalue weighted by Gasteiger charge is 2.35. The maximum Gasteiger partial charge on any atom is 0.278 e. The molecule has 0 unspecified atom stereocenters. The third kappa shape index (κ3) is 4.50. The first-order valence-corrected chi connectivity index (χ1v) is 12.1. The molecule has 0 aliphatic carbocycles. The van der Waals surface area contributed by atoms with Crippen LogP contribution in [0.1, 0.15) is 19.5 Å². The van der Waals surface area contributed by atoms with E-state index in [4.69, 9.17) is 32.9 Å². The van der Waals surface area contributed by atoms with Crippen molar-refractivity contribution in [3.05, 3.63) is 55.9 Å². The molecule has 2 aromatic heterocycles. The lowest BCUT2D eigenvalue weighted by Crippen LogP contribution is -2.37. The second-order valence-electron chi connectivity index (χ2n) is 7.56. The summed E-state index contributed by atoms with van der Waals surface area (Å²) in [7, 11) is 1.75. The summed E-state index contributed by atoms with van der Waals surface area (Å²) < 4.78 is 7.63. The van der Waals surface area contributed by atoms with Gasteiger partial charge < -0.3 is 15.0 Å². The van der Waals surface area contributed by atoms with E-state index in [0.717, 1.165) is 23.9 Å². The second kappa shape index (κ2) is 9.79. The third-order valence-corrected chi connectivity index (χ3v) is 6.92. The number of ether oxygens (including phenoxy) is 1. The summed E-state index contributed by atoms with van der Waals surface area (Å²) in [5.41, 5.74) is 1.45. The van der Waals surface area contributed by atoms with Gasteiger partial charge in [0.25, 0.3) is 5.56 Å². The monoisotopic (exact) mass is 493 g/mol. The van der Waals surface area contributed by atoms with Crippen molar-refractivity contribution < 1.29 is 4.74 Å². The number of halogens is 2. The van der Waals surface area contributed by atoms with Crippen molar-refractivity contribution in [1.82, 2.24) is 14.5 Å². The molecule has 1 fully saturated rings. The first-order valence-electron chi connectivity index (χ1n) is 10.5. The number of hydrogen-bond donors (Lipinski definition) is 1. The quantitative estimate of drug-likeness (QED) is 0.523. The van der Waals surface area contributed by atoms with E-state index in [0.29, 0.717) is 40.1 Å². The topological polar surface area (TPSA) is 72.3 Å². The molecule has 3 heterocycles. The minimum atomic E-state index is -0.225. The Labute approximate surface area is 201 Å². The fourth-order valence-electron chi connectivity index (χ4n) is 3.97. The van der Waals surface area contributed by atoms with E-state index in [1.165, 1.54) is 0 Å². The number of aromatic nitrogens is 3. The number of thiazole rings is 1. The highest BCUT2D eigenvalue weighted by atomic mass is 35.5. The number of rotatable bonds is 7. The summed E-state index contributed by atoms with van der Waals surface area (Å²) in [6.45, 7) is 6.07. The second-order valence-corrected chi connectivity index (χ2v) is 9.28. The summed E-state index contributed by atoms with van der Waals surface area (Å²) in [6.07, 6.45) is 2.42. The van der Waals surface area contributed by atoms with Crippen LogP contribution in [0, 0.1) is 0 Å². The molecule has 1 saturated heterocycles. The Morgan fingerprint density at radius 3 is 2.75 bits per heavy atom. The third-order valence-electron chi connectivity index (χ3n) is 5.54. The SMILES string of the molecule is CCO[C@@H]1CN(c2nccs2)C[C@H]1Nc1c(CC)nc(-c2ccc(Cl)cc2Cl)c(=O)n1C. The molecular weight excluding hydrogens is 469 g/mol. The van der Waals surface area contributed by atoms with E-state index < -0.39 is 0 Å². The van der Waals surface area contributed by atoms with Gasteiger partial charge in [0, 0.05) is 48.9 Å². The van der Waals surface area contributed by atoms with Crippen LogP contribution in [0.2, 0.25) is 10.0 Å². The Morgan fingerprint density at radius 1 is 1.28 bits per heavy atom. The average molecular weight is 494 g/mol. The van der Waals surface area contributed by atoms with E-state index in [-0.39, 0.29) is 17.7 Å². The first-order chi connectivity index (χ1) is 15.4. The molecule has 4 rings (SSSR count). The molecule has 0 spiro atoms. The van der Waals surface area contributed by atoms with Crippen molar-refractivity contribution in [3.8, 4) is 11.3 Å². The summed E-state index contributed by atoms with van der Waals surface area (Å²) in [5.74, 6) is 0.696.